The Hall–Kier alpha value is -1.89. The van der Waals surface area contributed by atoms with E-state index in [-0.39, 0.29) is 10.8 Å². The van der Waals surface area contributed by atoms with Gasteiger partial charge in [-0.1, -0.05) is 19.3 Å². The Morgan fingerprint density at radius 2 is 1.70 bits per heavy atom. The normalized spacial score (nSPS) is 15.9. The van der Waals surface area contributed by atoms with Gasteiger partial charge in [0.1, 0.15) is 0 Å². The van der Waals surface area contributed by atoms with Crippen LogP contribution in [0.3, 0.4) is 0 Å². The van der Waals surface area contributed by atoms with E-state index in [4.69, 9.17) is 0 Å². The maximum absolute atomic E-state index is 12.0. The van der Waals surface area contributed by atoms with Crippen LogP contribution < -0.4 is 10.0 Å². The van der Waals surface area contributed by atoms with Crippen LogP contribution in [0.25, 0.3) is 0 Å². The molecule has 2 N–H and O–H groups in total. The van der Waals surface area contributed by atoms with Crippen molar-refractivity contribution in [3.63, 3.8) is 0 Å². The highest BCUT2D eigenvalue weighted by Crippen LogP contribution is 2.26. The molecule has 0 radical (unpaired) electrons. The van der Waals surface area contributed by atoms with Gasteiger partial charge in [-0.25, -0.2) is 13.1 Å². The standard InChI is InChI=1S/C16H22N2O4S/c1-12(19)18-23(21,22)15-9-7-14(8-10-15)17-16(20)11-13-5-3-2-4-6-13/h7-10,13H,2-6,11H2,1H3,(H,17,20)(H,18,19). The molecule has 1 aromatic carbocycles. The second kappa shape index (κ2) is 7.59. The molecule has 0 heterocycles. The molecule has 1 saturated carbocycles. The maximum Gasteiger partial charge on any atom is 0.264 e. The fraction of sp³-hybridized carbons (Fsp3) is 0.500. The summed E-state index contributed by atoms with van der Waals surface area (Å²) in [6.07, 6.45) is 6.33. The van der Waals surface area contributed by atoms with Crippen molar-refractivity contribution >= 4 is 27.5 Å². The molecule has 1 aliphatic rings. The molecule has 2 amide bonds. The molecular formula is C16H22N2O4S. The van der Waals surface area contributed by atoms with E-state index < -0.39 is 15.9 Å². The Morgan fingerprint density at radius 3 is 2.26 bits per heavy atom. The lowest BCUT2D eigenvalue weighted by Gasteiger charge is -2.20. The summed E-state index contributed by atoms with van der Waals surface area (Å²) < 4.78 is 25.5. The van der Waals surface area contributed by atoms with E-state index in [9.17, 15) is 18.0 Å². The van der Waals surface area contributed by atoms with Gasteiger partial charge in [-0.3, -0.25) is 9.59 Å². The van der Waals surface area contributed by atoms with Crippen LogP contribution >= 0.6 is 0 Å². The number of carbonyl (C=O) groups excluding carboxylic acids is 2. The molecule has 6 nitrogen and oxygen atoms in total. The lowest BCUT2D eigenvalue weighted by molar-refractivity contribution is -0.118. The highest BCUT2D eigenvalue weighted by molar-refractivity contribution is 7.90. The van der Waals surface area contributed by atoms with E-state index >= 15 is 0 Å². The zero-order valence-electron chi connectivity index (χ0n) is 13.2. The SMILES string of the molecule is CC(=O)NS(=O)(=O)c1ccc(NC(=O)CC2CCCCC2)cc1. The predicted molar refractivity (Wildman–Crippen MR) is 87.3 cm³/mol. The minimum atomic E-state index is -3.84. The van der Waals surface area contributed by atoms with Gasteiger partial charge < -0.3 is 5.32 Å². The topological polar surface area (TPSA) is 92.3 Å². The van der Waals surface area contributed by atoms with Gasteiger partial charge in [0.15, 0.2) is 0 Å². The minimum Gasteiger partial charge on any atom is -0.326 e. The third kappa shape index (κ3) is 5.35. The minimum absolute atomic E-state index is 0.0158. The van der Waals surface area contributed by atoms with Crippen LogP contribution in [0.15, 0.2) is 29.2 Å². The molecule has 1 fully saturated rings. The van der Waals surface area contributed by atoms with Gasteiger partial charge in [0.25, 0.3) is 10.0 Å². The average Bonchev–Trinajstić information content (AvgIpc) is 2.47. The number of nitrogens with one attached hydrogen (secondary N) is 2. The van der Waals surface area contributed by atoms with Gasteiger partial charge in [-0.05, 0) is 43.0 Å². The number of sulfonamides is 1. The first-order valence-corrected chi connectivity index (χ1v) is 9.28. The van der Waals surface area contributed by atoms with E-state index in [0.29, 0.717) is 18.0 Å². The molecule has 1 aliphatic carbocycles. The van der Waals surface area contributed by atoms with Crippen LogP contribution in [0, 0.1) is 5.92 Å². The summed E-state index contributed by atoms with van der Waals surface area (Å²) in [6.45, 7) is 1.14. The molecule has 0 atom stereocenters. The summed E-state index contributed by atoms with van der Waals surface area (Å²) >= 11 is 0. The zero-order chi connectivity index (χ0) is 16.9. The molecule has 0 unspecified atom stereocenters. The number of rotatable bonds is 5. The second-order valence-corrected chi connectivity index (χ2v) is 7.62. The average molecular weight is 338 g/mol. The van der Waals surface area contributed by atoms with Crippen molar-refractivity contribution in [3.05, 3.63) is 24.3 Å². The molecule has 0 saturated heterocycles. The first kappa shape index (κ1) is 17.5. The monoisotopic (exact) mass is 338 g/mol. The van der Waals surface area contributed by atoms with Crippen LogP contribution in [0.2, 0.25) is 0 Å². The summed E-state index contributed by atoms with van der Waals surface area (Å²) in [6, 6.07) is 5.77. The van der Waals surface area contributed by atoms with E-state index in [1.165, 1.54) is 43.5 Å². The largest absolute Gasteiger partial charge is 0.326 e. The third-order valence-electron chi connectivity index (χ3n) is 3.93. The molecule has 1 aromatic rings. The third-order valence-corrected chi connectivity index (χ3v) is 5.37. The number of hydrogen-bond acceptors (Lipinski definition) is 4. The van der Waals surface area contributed by atoms with E-state index in [1.54, 1.807) is 0 Å². The van der Waals surface area contributed by atoms with Gasteiger partial charge in [0.05, 0.1) is 4.90 Å². The van der Waals surface area contributed by atoms with Crippen molar-refractivity contribution in [1.29, 1.82) is 0 Å². The summed E-state index contributed by atoms with van der Waals surface area (Å²) in [5.74, 6) is -0.243. The number of amides is 2. The van der Waals surface area contributed by atoms with Crippen molar-refractivity contribution in [2.24, 2.45) is 5.92 Å². The number of benzene rings is 1. The molecule has 0 bridgehead atoms. The molecule has 23 heavy (non-hydrogen) atoms. The molecular weight excluding hydrogens is 316 g/mol. The summed E-state index contributed by atoms with van der Waals surface area (Å²) in [7, 11) is -3.84. The molecule has 0 aliphatic heterocycles. The van der Waals surface area contributed by atoms with Crippen molar-refractivity contribution in [3.8, 4) is 0 Å². The Labute approximate surface area is 136 Å². The Kier molecular flexibility index (Phi) is 5.76. The lowest BCUT2D eigenvalue weighted by atomic mass is 9.87. The van der Waals surface area contributed by atoms with E-state index in [1.807, 2.05) is 4.72 Å². The maximum atomic E-state index is 12.0. The van der Waals surface area contributed by atoms with Gasteiger partial charge in [0.2, 0.25) is 11.8 Å². The number of anilines is 1. The summed E-state index contributed by atoms with van der Waals surface area (Å²) in [4.78, 5) is 22.9. The van der Waals surface area contributed by atoms with Crippen molar-refractivity contribution in [1.82, 2.24) is 4.72 Å². The van der Waals surface area contributed by atoms with E-state index in [2.05, 4.69) is 5.32 Å². The van der Waals surface area contributed by atoms with Gasteiger partial charge in [0, 0.05) is 19.0 Å². The molecule has 7 heteroatoms. The Bertz CT molecular complexity index is 662. The smallest absolute Gasteiger partial charge is 0.264 e. The molecule has 0 aromatic heterocycles. The molecule has 0 spiro atoms. The summed E-state index contributed by atoms with van der Waals surface area (Å²) in [5, 5.41) is 2.79. The molecule has 2 rings (SSSR count). The summed E-state index contributed by atoms with van der Waals surface area (Å²) in [5.41, 5.74) is 0.549. The predicted octanol–water partition coefficient (Wildman–Crippen LogP) is 2.42. The van der Waals surface area contributed by atoms with Gasteiger partial charge >= 0.3 is 0 Å². The Balaban J connectivity index is 1.94. The van der Waals surface area contributed by atoms with Crippen molar-refractivity contribution in [2.45, 2.75) is 50.3 Å². The lowest BCUT2D eigenvalue weighted by Crippen LogP contribution is -2.28. The Morgan fingerprint density at radius 1 is 1.09 bits per heavy atom. The van der Waals surface area contributed by atoms with Crippen LogP contribution in [0.1, 0.15) is 45.4 Å². The van der Waals surface area contributed by atoms with Crippen LogP contribution in [-0.2, 0) is 19.6 Å². The van der Waals surface area contributed by atoms with Crippen LogP contribution in [0.5, 0.6) is 0 Å². The number of carbonyl (C=O) groups is 2. The molecule has 126 valence electrons. The highest BCUT2D eigenvalue weighted by Gasteiger charge is 2.18. The zero-order valence-corrected chi connectivity index (χ0v) is 14.0. The van der Waals surface area contributed by atoms with Crippen LogP contribution in [0.4, 0.5) is 5.69 Å². The highest BCUT2D eigenvalue weighted by atomic mass is 32.2. The fourth-order valence-corrected chi connectivity index (χ4v) is 3.82. The number of hydrogen-bond donors (Lipinski definition) is 2. The first-order valence-electron chi connectivity index (χ1n) is 7.80. The first-order chi connectivity index (χ1) is 10.9. The van der Waals surface area contributed by atoms with Crippen LogP contribution in [-0.4, -0.2) is 20.2 Å². The van der Waals surface area contributed by atoms with Crippen molar-refractivity contribution in [2.75, 3.05) is 5.32 Å². The quantitative estimate of drug-likeness (QED) is 0.862. The fourth-order valence-electron chi connectivity index (χ4n) is 2.83. The van der Waals surface area contributed by atoms with Crippen molar-refractivity contribution < 1.29 is 18.0 Å². The second-order valence-electron chi connectivity index (χ2n) is 5.94. The van der Waals surface area contributed by atoms with Gasteiger partial charge in [-0.2, -0.15) is 0 Å². The van der Waals surface area contributed by atoms with E-state index in [0.717, 1.165) is 19.8 Å². The van der Waals surface area contributed by atoms with Gasteiger partial charge in [-0.15, -0.1) is 0 Å².